The molecule has 0 aliphatic carbocycles. The van der Waals surface area contributed by atoms with Gasteiger partial charge in [0.2, 0.25) is 11.6 Å². The first-order valence-corrected chi connectivity index (χ1v) is 11.8. The van der Waals surface area contributed by atoms with E-state index in [2.05, 4.69) is 0 Å². The molecular formula is C32H20O6. The van der Waals surface area contributed by atoms with Crippen molar-refractivity contribution in [1.29, 1.82) is 0 Å². The molecule has 0 atom stereocenters. The maximum atomic E-state index is 13.7. The molecule has 0 amide bonds. The van der Waals surface area contributed by atoms with Crippen LogP contribution in [0.15, 0.2) is 132 Å². The Bertz CT molecular complexity index is 1460. The lowest BCUT2D eigenvalue weighted by Crippen LogP contribution is -2.27. The van der Waals surface area contributed by atoms with Crippen LogP contribution in [-0.4, -0.2) is 23.5 Å². The van der Waals surface area contributed by atoms with E-state index in [1.54, 1.807) is 121 Å². The van der Waals surface area contributed by atoms with Crippen molar-refractivity contribution in [2.24, 2.45) is 0 Å². The van der Waals surface area contributed by atoms with E-state index in [1.165, 1.54) is 0 Å². The van der Waals surface area contributed by atoms with Gasteiger partial charge in [-0.3, -0.25) is 9.59 Å². The minimum Gasteiger partial charge on any atom is -0.421 e. The molecule has 0 bridgehead atoms. The molecule has 0 saturated carbocycles. The van der Waals surface area contributed by atoms with Crippen LogP contribution in [0, 0.1) is 0 Å². The molecule has 0 saturated heterocycles. The van der Waals surface area contributed by atoms with Crippen LogP contribution in [0.5, 0.6) is 0 Å². The van der Waals surface area contributed by atoms with Crippen LogP contribution in [0.1, 0.15) is 31.8 Å². The minimum absolute atomic E-state index is 0.204. The molecule has 184 valence electrons. The average molecular weight is 501 g/mol. The van der Waals surface area contributed by atoms with Crippen molar-refractivity contribution >= 4 is 35.0 Å². The molecule has 1 heterocycles. The van der Waals surface area contributed by atoms with Gasteiger partial charge in [-0.25, -0.2) is 9.59 Å². The first-order chi connectivity index (χ1) is 18.5. The molecule has 38 heavy (non-hydrogen) atoms. The summed E-state index contributed by atoms with van der Waals surface area (Å²) >= 11 is 0. The molecule has 0 radical (unpaired) electrons. The zero-order valence-corrected chi connectivity index (χ0v) is 20.0. The molecule has 6 nitrogen and oxygen atoms in total. The predicted octanol–water partition coefficient (Wildman–Crippen LogP) is 5.67. The van der Waals surface area contributed by atoms with Crippen molar-refractivity contribution in [3.63, 3.8) is 0 Å². The minimum atomic E-state index is -1.05. The van der Waals surface area contributed by atoms with Crippen molar-refractivity contribution in [3.8, 4) is 0 Å². The lowest BCUT2D eigenvalue weighted by Gasteiger charge is -2.21. The first-order valence-electron chi connectivity index (χ1n) is 11.8. The molecule has 6 heteroatoms. The SMILES string of the molecule is O=C1O/C(c2ccccc2)=C(/C(=O)c2ccccc2)C(=O)OC(c2ccccc2)=C1C(=O)c1ccccc1. The van der Waals surface area contributed by atoms with Crippen molar-refractivity contribution in [2.45, 2.75) is 0 Å². The highest BCUT2D eigenvalue weighted by molar-refractivity contribution is 6.33. The van der Waals surface area contributed by atoms with Gasteiger partial charge in [-0.1, -0.05) is 121 Å². The molecule has 4 aromatic carbocycles. The largest absolute Gasteiger partial charge is 0.421 e. The number of Topliss-reactive ketones (excluding diaryl/α,β-unsaturated/α-hetero) is 2. The summed E-state index contributed by atoms with van der Waals surface area (Å²) in [7, 11) is 0. The van der Waals surface area contributed by atoms with Crippen LogP contribution >= 0.6 is 0 Å². The number of esters is 2. The first kappa shape index (κ1) is 24.3. The molecule has 0 N–H and O–H groups in total. The summed E-state index contributed by atoms with van der Waals surface area (Å²) in [6.45, 7) is 0. The highest BCUT2D eigenvalue weighted by Gasteiger charge is 2.37. The number of ketones is 2. The number of carbonyl (C=O) groups is 4. The topological polar surface area (TPSA) is 86.7 Å². The lowest BCUT2D eigenvalue weighted by atomic mass is 9.96. The van der Waals surface area contributed by atoms with E-state index in [0.717, 1.165) is 0 Å². The van der Waals surface area contributed by atoms with Gasteiger partial charge in [-0.15, -0.1) is 0 Å². The number of benzene rings is 4. The number of cyclic esters (lactones) is 2. The van der Waals surface area contributed by atoms with Gasteiger partial charge in [0.15, 0.2) is 22.7 Å². The number of ether oxygens (including phenoxy) is 2. The predicted molar refractivity (Wildman–Crippen MR) is 140 cm³/mol. The van der Waals surface area contributed by atoms with Crippen LogP contribution in [-0.2, 0) is 19.1 Å². The van der Waals surface area contributed by atoms with E-state index >= 15 is 0 Å². The second kappa shape index (κ2) is 10.7. The van der Waals surface area contributed by atoms with E-state index in [-0.39, 0.29) is 22.6 Å². The summed E-state index contributed by atoms with van der Waals surface area (Å²) < 4.78 is 11.5. The van der Waals surface area contributed by atoms with E-state index in [4.69, 9.17) is 9.47 Å². The van der Waals surface area contributed by atoms with Gasteiger partial charge in [0, 0.05) is 22.3 Å². The lowest BCUT2D eigenvalue weighted by molar-refractivity contribution is -0.134. The molecule has 1 aliphatic rings. The third-order valence-electron chi connectivity index (χ3n) is 5.85. The smallest absolute Gasteiger partial charge is 0.351 e. The number of hydrogen-bond donors (Lipinski definition) is 0. The molecule has 1 aliphatic heterocycles. The molecule has 0 unspecified atom stereocenters. The molecule has 0 aromatic heterocycles. The summed E-state index contributed by atoms with van der Waals surface area (Å²) in [5.74, 6) is -4.07. The van der Waals surface area contributed by atoms with Gasteiger partial charge >= 0.3 is 11.9 Å². The van der Waals surface area contributed by atoms with Crippen LogP contribution in [0.3, 0.4) is 0 Å². The quantitative estimate of drug-likeness (QED) is 0.193. The molecule has 4 aromatic rings. The number of hydrogen-bond acceptors (Lipinski definition) is 6. The van der Waals surface area contributed by atoms with Gasteiger partial charge < -0.3 is 9.47 Å². The average Bonchev–Trinajstić information content (AvgIpc) is 2.97. The summed E-state index contributed by atoms with van der Waals surface area (Å²) in [5.41, 5.74) is 0.0787. The normalized spacial score (nSPS) is 15.7. The van der Waals surface area contributed by atoms with E-state index in [0.29, 0.717) is 11.1 Å². The fourth-order valence-corrected chi connectivity index (χ4v) is 4.02. The monoisotopic (exact) mass is 500 g/mol. The Kier molecular flexibility index (Phi) is 6.87. The third kappa shape index (κ3) is 4.83. The van der Waals surface area contributed by atoms with Crippen molar-refractivity contribution in [1.82, 2.24) is 0 Å². The fraction of sp³-hybridized carbons (Fsp3) is 0. The fourth-order valence-electron chi connectivity index (χ4n) is 4.02. The van der Waals surface area contributed by atoms with Gasteiger partial charge in [-0.05, 0) is 0 Å². The summed E-state index contributed by atoms with van der Waals surface area (Å²) in [6, 6.07) is 32.8. The molecule has 0 spiro atoms. The van der Waals surface area contributed by atoms with E-state index in [1.807, 2.05) is 0 Å². The summed E-state index contributed by atoms with van der Waals surface area (Å²) in [4.78, 5) is 54.7. The van der Waals surface area contributed by atoms with Crippen molar-refractivity contribution in [2.75, 3.05) is 0 Å². The van der Waals surface area contributed by atoms with Crippen molar-refractivity contribution < 1.29 is 28.7 Å². The Morgan fingerprint density at radius 2 is 0.711 bits per heavy atom. The van der Waals surface area contributed by atoms with Crippen LogP contribution in [0.25, 0.3) is 11.5 Å². The van der Waals surface area contributed by atoms with Gasteiger partial charge in [0.05, 0.1) is 0 Å². The Labute approximate surface area is 218 Å². The maximum Gasteiger partial charge on any atom is 0.351 e. The second-order valence-corrected chi connectivity index (χ2v) is 8.31. The Balaban J connectivity index is 1.73. The maximum absolute atomic E-state index is 13.7. The zero-order chi connectivity index (χ0) is 26.5. The Hall–Kier alpha value is -5.36. The van der Waals surface area contributed by atoms with Gasteiger partial charge in [-0.2, -0.15) is 0 Å². The number of rotatable bonds is 6. The highest BCUT2D eigenvalue weighted by atomic mass is 16.6. The highest BCUT2D eigenvalue weighted by Crippen LogP contribution is 2.33. The molecular weight excluding hydrogens is 480 g/mol. The Morgan fingerprint density at radius 1 is 0.421 bits per heavy atom. The number of carbonyl (C=O) groups excluding carboxylic acids is 4. The third-order valence-corrected chi connectivity index (χ3v) is 5.85. The summed E-state index contributed by atoms with van der Waals surface area (Å²) in [5, 5.41) is 0. The van der Waals surface area contributed by atoms with E-state index < -0.39 is 34.7 Å². The van der Waals surface area contributed by atoms with Crippen LogP contribution in [0.2, 0.25) is 0 Å². The van der Waals surface area contributed by atoms with E-state index in [9.17, 15) is 19.2 Å². The molecule has 5 rings (SSSR count). The van der Waals surface area contributed by atoms with Crippen LogP contribution < -0.4 is 0 Å². The van der Waals surface area contributed by atoms with Crippen LogP contribution in [0.4, 0.5) is 0 Å². The standard InChI is InChI=1S/C32H20O6/c33-27(21-13-5-1-6-14-21)25-29(23-17-9-3-10-18-23)37-32(36)26(28(34)22-15-7-2-8-16-22)30(38-31(25)35)24-19-11-4-12-20-24/h1-20H/b29-25-,30-26?. The Morgan fingerprint density at radius 3 is 1.03 bits per heavy atom. The van der Waals surface area contributed by atoms with Gasteiger partial charge in [0.25, 0.3) is 0 Å². The second-order valence-electron chi connectivity index (χ2n) is 8.31. The molecule has 0 fully saturated rings. The van der Waals surface area contributed by atoms with Crippen molar-refractivity contribution in [3.05, 3.63) is 155 Å². The summed E-state index contributed by atoms with van der Waals surface area (Å²) in [6.07, 6.45) is 0. The zero-order valence-electron chi connectivity index (χ0n) is 20.0. The van der Waals surface area contributed by atoms with Gasteiger partial charge in [0.1, 0.15) is 0 Å².